The summed E-state index contributed by atoms with van der Waals surface area (Å²) >= 11 is 0. The third-order valence-electron chi connectivity index (χ3n) is 16.0. The van der Waals surface area contributed by atoms with Crippen molar-refractivity contribution in [1.29, 1.82) is 0 Å². The molecule has 8 aromatic rings. The average Bonchev–Trinajstić information content (AvgIpc) is 0.936. The van der Waals surface area contributed by atoms with E-state index in [1.54, 1.807) is 189 Å². The van der Waals surface area contributed by atoms with E-state index < -0.39 is 95.1 Å². The number of amides is 8. The van der Waals surface area contributed by atoms with Crippen LogP contribution in [0.15, 0.2) is 170 Å². The first-order valence-electron chi connectivity index (χ1n) is 32.0. The highest BCUT2D eigenvalue weighted by Crippen LogP contribution is 2.22. The van der Waals surface area contributed by atoms with Crippen LogP contribution in [0.5, 0.6) is 0 Å². The van der Waals surface area contributed by atoms with Crippen LogP contribution < -0.4 is 21.3 Å². The van der Waals surface area contributed by atoms with E-state index in [-0.39, 0.29) is 75.1 Å². The standard InChI is InChI=1S/C72H80N16O8/c1-45(2)61-69(93)85(37-49-21-9-13-33-73-49)41-53-25-17-26-54(77-53)42-86(38-50-22-10-14-34-74-50)71(95)63(47(5)6)83-67(91)59-31-20-32-60(80-59)68(92)84-64(48(7)8)72(96)88(40-52-24-12-16-36-76-52)44-56-28-18-27-55(78-56)43-87(39-51-23-11-15-35-75-51)70(94)62(46(3)4)82-66(90)58-30-19-29-57(79-58)65(89)81-61/h9-36,45-48,61-64H,37-44H2,1-8H3,(H,81,89)(H,82,90)(H,83,91)(H,84,92)/t61-,62-,63-,64-/m0/s1. The van der Waals surface area contributed by atoms with Crippen molar-refractivity contribution >= 4 is 47.3 Å². The van der Waals surface area contributed by atoms with E-state index in [2.05, 4.69) is 51.2 Å². The molecule has 1 aliphatic heterocycles. The van der Waals surface area contributed by atoms with Crippen molar-refractivity contribution in [2.75, 3.05) is 0 Å². The van der Waals surface area contributed by atoms with E-state index in [0.29, 0.717) is 45.6 Å². The van der Waals surface area contributed by atoms with Gasteiger partial charge in [-0.05, 0) is 121 Å². The van der Waals surface area contributed by atoms with Crippen LogP contribution in [0, 0.1) is 23.7 Å². The number of hydrogen-bond acceptors (Lipinski definition) is 16. The molecule has 0 unspecified atom stereocenters. The molecule has 0 fully saturated rings. The molecule has 9 heterocycles. The summed E-state index contributed by atoms with van der Waals surface area (Å²) in [5, 5.41) is 11.6. The summed E-state index contributed by atoms with van der Waals surface area (Å²) in [7, 11) is 0. The third kappa shape index (κ3) is 18.6. The van der Waals surface area contributed by atoms with Gasteiger partial charge in [0.2, 0.25) is 23.6 Å². The molecule has 0 saturated heterocycles. The van der Waals surface area contributed by atoms with Gasteiger partial charge in [-0.1, -0.05) is 104 Å². The van der Waals surface area contributed by atoms with Gasteiger partial charge >= 0.3 is 0 Å². The Hall–Kier alpha value is -11.0. The second-order valence-corrected chi connectivity index (χ2v) is 24.9. The highest BCUT2D eigenvalue weighted by atomic mass is 16.2. The summed E-state index contributed by atoms with van der Waals surface area (Å²) in [5.41, 5.74) is 3.34. The topological polar surface area (TPSA) is 301 Å². The van der Waals surface area contributed by atoms with Gasteiger partial charge in [0.15, 0.2) is 0 Å². The minimum Gasteiger partial charge on any atom is -0.339 e. The summed E-state index contributed by atoms with van der Waals surface area (Å²) in [6.45, 7) is 14.2. The van der Waals surface area contributed by atoms with E-state index in [0.717, 1.165) is 0 Å². The van der Waals surface area contributed by atoms with Crippen molar-refractivity contribution in [1.82, 2.24) is 80.7 Å². The minimum absolute atomic E-state index is 0.0170. The Labute approximate surface area is 558 Å². The molecule has 8 bridgehead atoms. The van der Waals surface area contributed by atoms with Gasteiger partial charge < -0.3 is 40.9 Å². The number of nitrogens with one attached hydrogen (secondary N) is 4. The molecule has 96 heavy (non-hydrogen) atoms. The quantitative estimate of drug-likeness (QED) is 0.0948. The van der Waals surface area contributed by atoms with E-state index >= 15 is 19.2 Å². The lowest BCUT2D eigenvalue weighted by molar-refractivity contribution is -0.136. The number of fused-ring (bicyclic) bond motifs is 8. The predicted molar refractivity (Wildman–Crippen MR) is 355 cm³/mol. The summed E-state index contributed by atoms with van der Waals surface area (Å²) < 4.78 is 0. The molecular weight excluding hydrogens is 1220 g/mol. The van der Waals surface area contributed by atoms with Crippen molar-refractivity contribution < 1.29 is 38.4 Å². The molecule has 24 nitrogen and oxygen atoms in total. The van der Waals surface area contributed by atoms with Crippen molar-refractivity contribution in [3.05, 3.63) is 239 Å². The monoisotopic (exact) mass is 1300 g/mol. The van der Waals surface area contributed by atoms with Gasteiger partial charge in [0, 0.05) is 24.8 Å². The van der Waals surface area contributed by atoms with Gasteiger partial charge in [0.1, 0.15) is 46.9 Å². The zero-order chi connectivity index (χ0) is 68.4. The normalized spacial score (nSPS) is 18.0. The molecule has 8 amide bonds. The zero-order valence-electron chi connectivity index (χ0n) is 55.1. The van der Waals surface area contributed by atoms with E-state index in [1.807, 2.05) is 0 Å². The Bertz CT molecular complexity index is 3520. The van der Waals surface area contributed by atoms with Crippen molar-refractivity contribution in [3.8, 4) is 0 Å². The molecule has 1 aliphatic rings. The van der Waals surface area contributed by atoms with Crippen LogP contribution in [-0.4, -0.2) is 131 Å². The number of carbonyl (C=O) groups excluding carboxylic acids is 8. The Morgan fingerprint density at radius 2 is 0.521 bits per heavy atom. The summed E-state index contributed by atoms with van der Waals surface area (Å²) in [6.07, 6.45) is 6.45. The molecule has 24 heteroatoms. The van der Waals surface area contributed by atoms with Crippen molar-refractivity contribution in [2.45, 2.75) is 132 Å². The maximum Gasteiger partial charge on any atom is 0.270 e. The number of pyridine rings is 8. The smallest absolute Gasteiger partial charge is 0.270 e. The van der Waals surface area contributed by atoms with Gasteiger partial charge in [-0.2, -0.15) is 0 Å². The van der Waals surface area contributed by atoms with Crippen LogP contribution in [0.1, 0.15) is 143 Å². The van der Waals surface area contributed by atoms with E-state index in [9.17, 15) is 19.2 Å². The number of rotatable bonds is 12. The fourth-order valence-corrected chi connectivity index (χ4v) is 10.9. The molecule has 496 valence electrons. The van der Waals surface area contributed by atoms with E-state index in [4.69, 9.17) is 9.97 Å². The first-order valence-corrected chi connectivity index (χ1v) is 32.0. The van der Waals surface area contributed by atoms with Gasteiger partial charge in [-0.3, -0.25) is 68.3 Å². The van der Waals surface area contributed by atoms with Crippen LogP contribution in [0.3, 0.4) is 0 Å². The zero-order valence-corrected chi connectivity index (χ0v) is 55.1. The van der Waals surface area contributed by atoms with Crippen molar-refractivity contribution in [3.63, 3.8) is 0 Å². The van der Waals surface area contributed by atoms with Gasteiger partial charge in [-0.15, -0.1) is 0 Å². The third-order valence-corrected chi connectivity index (χ3v) is 16.0. The predicted octanol–water partition coefficient (Wildman–Crippen LogP) is 7.09. The largest absolute Gasteiger partial charge is 0.339 e. The Morgan fingerprint density at radius 1 is 0.302 bits per heavy atom. The number of aromatic nitrogens is 8. The van der Waals surface area contributed by atoms with Crippen LogP contribution in [-0.2, 0) is 71.5 Å². The molecule has 0 aliphatic carbocycles. The lowest BCUT2D eigenvalue weighted by Gasteiger charge is -2.31. The van der Waals surface area contributed by atoms with Gasteiger partial charge in [-0.25, -0.2) is 9.97 Å². The maximum absolute atomic E-state index is 15.1. The highest BCUT2D eigenvalue weighted by Gasteiger charge is 2.36. The van der Waals surface area contributed by atoms with Crippen LogP contribution in [0.2, 0.25) is 0 Å². The molecule has 0 aromatic carbocycles. The summed E-state index contributed by atoms with van der Waals surface area (Å²) in [4.78, 5) is 161. The molecule has 4 N–H and O–H groups in total. The lowest BCUT2D eigenvalue weighted by atomic mass is 10.0. The van der Waals surface area contributed by atoms with Crippen LogP contribution >= 0.6 is 0 Å². The SMILES string of the molecule is CC(C)[C@@H]1NC(=O)c2cccc(n2)C(=O)N[C@@H](C(C)C)C(=O)N(Cc2ccccn2)Cc2cccc(n2)CN(Cc2ccccn2)C(=O)[C@H](C(C)C)NC(=O)c2cccc(n2)C(=O)N[C@@H](C(C)C)C(=O)N(Cc2ccccn2)Cc2cccc(n2)CN(Cc2ccccn2)C1=O. The van der Waals surface area contributed by atoms with Gasteiger partial charge in [0.25, 0.3) is 23.6 Å². The first-order chi connectivity index (χ1) is 46.2. The lowest BCUT2D eigenvalue weighted by Crippen LogP contribution is -2.52. The fraction of sp³-hybridized carbons (Fsp3) is 0.333. The summed E-state index contributed by atoms with van der Waals surface area (Å²) in [6, 6.07) is 36.0. The van der Waals surface area contributed by atoms with E-state index in [1.165, 1.54) is 56.0 Å². The molecule has 4 atom stereocenters. The maximum atomic E-state index is 15.1. The van der Waals surface area contributed by atoms with Gasteiger partial charge in [0.05, 0.1) is 97.9 Å². The highest BCUT2D eigenvalue weighted by molar-refractivity contribution is 6.01. The molecule has 0 radical (unpaired) electrons. The summed E-state index contributed by atoms with van der Waals surface area (Å²) in [5.74, 6) is -6.70. The van der Waals surface area contributed by atoms with Crippen LogP contribution in [0.25, 0.3) is 0 Å². The Balaban J connectivity index is 1.10. The van der Waals surface area contributed by atoms with Crippen molar-refractivity contribution in [2.24, 2.45) is 23.7 Å². The number of carbonyl (C=O) groups is 8. The first kappa shape index (κ1) is 69.3. The molecular formula is C72H80N16O8. The molecule has 0 saturated carbocycles. The molecule has 8 aromatic heterocycles. The average molecular weight is 1300 g/mol. The minimum atomic E-state index is -1.13. The Kier molecular flexibility index (Phi) is 23.6. The molecule has 0 spiro atoms. The van der Waals surface area contributed by atoms with Crippen LogP contribution in [0.4, 0.5) is 0 Å². The second-order valence-electron chi connectivity index (χ2n) is 24.9. The Morgan fingerprint density at radius 3 is 0.719 bits per heavy atom. The second kappa shape index (κ2) is 32.7. The number of hydrogen-bond donors (Lipinski definition) is 4. The fourth-order valence-electron chi connectivity index (χ4n) is 10.9. The molecule has 9 rings (SSSR count). The number of nitrogens with zero attached hydrogens (tertiary/aromatic N) is 12.